The van der Waals surface area contributed by atoms with E-state index in [2.05, 4.69) is 15.9 Å². The zero-order chi connectivity index (χ0) is 15.0. The maximum atomic E-state index is 12.9. The molecule has 0 bridgehead atoms. The van der Waals surface area contributed by atoms with E-state index in [1.165, 1.54) is 11.3 Å². The van der Waals surface area contributed by atoms with Crippen LogP contribution in [0.3, 0.4) is 0 Å². The van der Waals surface area contributed by atoms with Crippen molar-refractivity contribution in [1.82, 2.24) is 4.31 Å². The van der Waals surface area contributed by atoms with Crippen molar-refractivity contribution in [3.8, 4) is 0 Å². The SMILES string of the molecule is O=S(=O)(c1cc(CO)sc1Br)N(Cc1cccs1)C1CC1. The summed E-state index contributed by atoms with van der Waals surface area (Å²) in [5.41, 5.74) is 0. The lowest BCUT2D eigenvalue weighted by Gasteiger charge is -2.20. The van der Waals surface area contributed by atoms with Gasteiger partial charge in [-0.25, -0.2) is 8.42 Å². The molecule has 2 aromatic rings. The largest absolute Gasteiger partial charge is 0.391 e. The van der Waals surface area contributed by atoms with Crippen LogP contribution >= 0.6 is 38.6 Å². The molecule has 0 saturated heterocycles. The second kappa shape index (κ2) is 6.10. The molecule has 3 rings (SSSR count). The maximum Gasteiger partial charge on any atom is 0.245 e. The highest BCUT2D eigenvalue weighted by atomic mass is 79.9. The first-order chi connectivity index (χ1) is 10.0. The van der Waals surface area contributed by atoms with Crippen LogP contribution in [0.5, 0.6) is 0 Å². The summed E-state index contributed by atoms with van der Waals surface area (Å²) >= 11 is 6.14. The Kier molecular flexibility index (Phi) is 4.54. The number of aliphatic hydroxyl groups is 1. The number of hydrogen-bond donors (Lipinski definition) is 1. The topological polar surface area (TPSA) is 57.6 Å². The third kappa shape index (κ3) is 3.25. The molecule has 1 fully saturated rings. The number of halogens is 1. The van der Waals surface area contributed by atoms with Gasteiger partial charge in [0.15, 0.2) is 0 Å². The number of thiophene rings is 2. The number of rotatable bonds is 6. The van der Waals surface area contributed by atoms with Crippen LogP contribution in [-0.4, -0.2) is 23.9 Å². The van der Waals surface area contributed by atoms with Gasteiger partial charge in [0.2, 0.25) is 10.0 Å². The number of sulfonamides is 1. The quantitative estimate of drug-likeness (QED) is 0.797. The molecule has 1 N–H and O–H groups in total. The summed E-state index contributed by atoms with van der Waals surface area (Å²) in [6.45, 7) is 0.272. The number of aliphatic hydroxyl groups excluding tert-OH is 1. The molecule has 4 nitrogen and oxygen atoms in total. The van der Waals surface area contributed by atoms with Crippen LogP contribution in [0.25, 0.3) is 0 Å². The van der Waals surface area contributed by atoms with Gasteiger partial charge in [-0.1, -0.05) is 6.07 Å². The van der Waals surface area contributed by atoms with Crippen molar-refractivity contribution in [2.75, 3.05) is 0 Å². The third-order valence-electron chi connectivity index (χ3n) is 3.29. The highest BCUT2D eigenvalue weighted by Crippen LogP contribution is 2.39. The van der Waals surface area contributed by atoms with Crippen LogP contribution in [-0.2, 0) is 23.2 Å². The standard InChI is InChI=1S/C13H14BrNO3S3/c14-13-12(6-11(8-16)20-13)21(17,18)15(9-3-4-9)7-10-2-1-5-19-10/h1-2,5-6,9,16H,3-4,7-8H2. The summed E-state index contributed by atoms with van der Waals surface area (Å²) in [7, 11) is -3.54. The van der Waals surface area contributed by atoms with Gasteiger partial charge in [0.05, 0.1) is 10.4 Å². The molecule has 114 valence electrons. The molecule has 1 aliphatic carbocycles. The van der Waals surface area contributed by atoms with Crippen LogP contribution in [0.1, 0.15) is 22.6 Å². The molecule has 0 atom stereocenters. The zero-order valence-corrected chi connectivity index (χ0v) is 15.1. The fourth-order valence-corrected chi connectivity index (χ4v) is 7.05. The fourth-order valence-electron chi connectivity index (χ4n) is 2.11. The Morgan fingerprint density at radius 1 is 1.38 bits per heavy atom. The van der Waals surface area contributed by atoms with E-state index in [-0.39, 0.29) is 17.5 Å². The Hall–Kier alpha value is -0.250. The molecule has 8 heteroatoms. The van der Waals surface area contributed by atoms with Crippen LogP contribution < -0.4 is 0 Å². The molecular weight excluding hydrogens is 394 g/mol. The first-order valence-corrected chi connectivity index (χ1v) is 10.4. The summed E-state index contributed by atoms with van der Waals surface area (Å²) in [6.07, 6.45) is 1.83. The van der Waals surface area contributed by atoms with Gasteiger partial charge in [0.25, 0.3) is 0 Å². The molecule has 2 aromatic heterocycles. The van der Waals surface area contributed by atoms with E-state index in [9.17, 15) is 13.5 Å². The van der Waals surface area contributed by atoms with Gasteiger partial charge in [-0.3, -0.25) is 0 Å². The average Bonchev–Trinajstić information content (AvgIpc) is 2.99. The zero-order valence-electron chi connectivity index (χ0n) is 11.0. The normalized spacial score (nSPS) is 15.8. The van der Waals surface area contributed by atoms with Crippen LogP contribution in [0.2, 0.25) is 0 Å². The molecule has 0 amide bonds. The summed E-state index contributed by atoms with van der Waals surface area (Å²) < 4.78 is 28.0. The molecule has 21 heavy (non-hydrogen) atoms. The minimum absolute atomic E-state index is 0.0986. The third-order valence-corrected chi connectivity index (χ3v) is 8.29. The van der Waals surface area contributed by atoms with Crippen molar-refractivity contribution < 1.29 is 13.5 Å². The Morgan fingerprint density at radius 3 is 2.67 bits per heavy atom. The lowest BCUT2D eigenvalue weighted by atomic mass is 10.4. The van der Waals surface area contributed by atoms with Crippen molar-refractivity contribution in [3.05, 3.63) is 37.1 Å². The second-order valence-electron chi connectivity index (χ2n) is 4.87. The van der Waals surface area contributed by atoms with Crippen molar-refractivity contribution in [2.24, 2.45) is 0 Å². The van der Waals surface area contributed by atoms with E-state index in [0.717, 1.165) is 17.7 Å². The smallest absolute Gasteiger partial charge is 0.245 e. The van der Waals surface area contributed by atoms with Gasteiger partial charge in [0.1, 0.15) is 4.90 Å². The van der Waals surface area contributed by atoms with E-state index in [1.54, 1.807) is 21.7 Å². The Labute approximate surface area is 140 Å². The Bertz CT molecular complexity index is 720. The second-order valence-corrected chi connectivity index (χ2v) is 10.2. The lowest BCUT2D eigenvalue weighted by molar-refractivity contribution is 0.285. The van der Waals surface area contributed by atoms with Gasteiger partial charge in [0, 0.05) is 22.3 Å². The van der Waals surface area contributed by atoms with Gasteiger partial charge in [-0.2, -0.15) is 4.31 Å². The molecule has 2 heterocycles. The van der Waals surface area contributed by atoms with Crippen molar-refractivity contribution >= 4 is 48.6 Å². The highest BCUT2D eigenvalue weighted by molar-refractivity contribution is 9.11. The molecule has 0 radical (unpaired) electrons. The van der Waals surface area contributed by atoms with E-state index >= 15 is 0 Å². The van der Waals surface area contributed by atoms with E-state index in [0.29, 0.717) is 15.2 Å². The van der Waals surface area contributed by atoms with Gasteiger partial charge in [-0.15, -0.1) is 22.7 Å². The number of nitrogens with zero attached hydrogens (tertiary/aromatic N) is 1. The van der Waals surface area contributed by atoms with Gasteiger partial charge < -0.3 is 5.11 Å². The minimum Gasteiger partial charge on any atom is -0.391 e. The molecule has 0 unspecified atom stereocenters. The maximum absolute atomic E-state index is 12.9. The van der Waals surface area contributed by atoms with E-state index < -0.39 is 10.0 Å². The highest BCUT2D eigenvalue weighted by Gasteiger charge is 2.39. The molecule has 1 aliphatic rings. The Morgan fingerprint density at radius 2 is 2.14 bits per heavy atom. The van der Waals surface area contributed by atoms with E-state index in [4.69, 9.17) is 0 Å². The summed E-state index contributed by atoms with van der Waals surface area (Å²) in [5, 5.41) is 11.1. The van der Waals surface area contributed by atoms with Gasteiger partial charge >= 0.3 is 0 Å². The summed E-state index contributed by atoms with van der Waals surface area (Å²) in [5.74, 6) is 0. The lowest BCUT2D eigenvalue weighted by Crippen LogP contribution is -2.32. The predicted octanol–water partition coefficient (Wildman–Crippen LogP) is 3.42. The first-order valence-electron chi connectivity index (χ1n) is 6.45. The summed E-state index contributed by atoms with van der Waals surface area (Å²) in [6, 6.07) is 5.55. The molecular formula is C13H14BrNO3S3. The monoisotopic (exact) mass is 407 g/mol. The van der Waals surface area contributed by atoms with E-state index in [1.807, 2.05) is 17.5 Å². The van der Waals surface area contributed by atoms with Crippen LogP contribution in [0.15, 0.2) is 32.3 Å². The van der Waals surface area contributed by atoms with Crippen molar-refractivity contribution in [1.29, 1.82) is 0 Å². The molecule has 0 spiro atoms. The minimum atomic E-state index is -3.54. The average molecular weight is 408 g/mol. The number of hydrogen-bond acceptors (Lipinski definition) is 5. The van der Waals surface area contributed by atoms with Crippen molar-refractivity contribution in [2.45, 2.75) is 36.9 Å². The molecule has 1 saturated carbocycles. The molecule has 0 aliphatic heterocycles. The predicted molar refractivity (Wildman–Crippen MR) is 88.0 cm³/mol. The van der Waals surface area contributed by atoms with Crippen molar-refractivity contribution in [3.63, 3.8) is 0 Å². The summed E-state index contributed by atoms with van der Waals surface area (Å²) in [4.78, 5) is 1.95. The fraction of sp³-hybridized carbons (Fsp3) is 0.385. The van der Waals surface area contributed by atoms with Gasteiger partial charge in [-0.05, 0) is 46.3 Å². The van der Waals surface area contributed by atoms with Crippen LogP contribution in [0, 0.1) is 0 Å². The molecule has 0 aromatic carbocycles. The van der Waals surface area contributed by atoms with Crippen LogP contribution in [0.4, 0.5) is 0 Å². The Balaban J connectivity index is 1.95. The first kappa shape index (κ1) is 15.6.